The first-order valence-corrected chi connectivity index (χ1v) is 10.3. The van der Waals surface area contributed by atoms with E-state index in [0.717, 1.165) is 11.5 Å². The molecule has 0 amide bonds. The number of rotatable bonds is 10. The summed E-state index contributed by atoms with van der Waals surface area (Å²) in [6.07, 6.45) is 4.97. The number of hydrogen-bond donors (Lipinski definition) is 2. The van der Waals surface area contributed by atoms with Crippen LogP contribution in [0.2, 0.25) is 0 Å². The third-order valence-electron chi connectivity index (χ3n) is 2.10. The van der Waals surface area contributed by atoms with Crippen LogP contribution in [-0.2, 0) is 15.8 Å². The summed E-state index contributed by atoms with van der Waals surface area (Å²) in [6.45, 7) is 0. The van der Waals surface area contributed by atoms with Crippen LogP contribution in [0.3, 0.4) is 0 Å². The molecule has 0 aliphatic rings. The second-order valence-corrected chi connectivity index (χ2v) is 6.96. The molecule has 4 N–H and O–H groups in total. The first kappa shape index (κ1) is 19.3. The van der Waals surface area contributed by atoms with Crippen molar-refractivity contribution in [3.8, 4) is 0 Å². The van der Waals surface area contributed by atoms with Gasteiger partial charge in [-0.2, -0.15) is 0 Å². The standard InChI is InChI=1S/C10H20N2O4S2Te/c1-17-5-3-7(11)9(13)15-19-16-10(14)8(12)4-6-18-2/h7-8H,3-6,11-12H2,1-2H3/t7-,8-/m0/s1. The Bertz CT molecular complexity index is 258. The Morgan fingerprint density at radius 3 is 1.68 bits per heavy atom. The van der Waals surface area contributed by atoms with Crippen molar-refractivity contribution >= 4 is 57.2 Å². The van der Waals surface area contributed by atoms with Gasteiger partial charge in [-0.05, 0) is 0 Å². The Morgan fingerprint density at radius 1 is 1.00 bits per heavy atom. The first-order chi connectivity index (χ1) is 9.02. The van der Waals surface area contributed by atoms with Gasteiger partial charge in [0.05, 0.1) is 0 Å². The molecule has 0 aromatic rings. The van der Waals surface area contributed by atoms with Crippen LogP contribution in [0.5, 0.6) is 0 Å². The average Bonchev–Trinajstić information content (AvgIpc) is 2.41. The summed E-state index contributed by atoms with van der Waals surface area (Å²) in [4.78, 5) is 22.8. The minimum atomic E-state index is -1.61. The molecule has 0 aliphatic heterocycles. The maximum absolute atomic E-state index is 11.4. The Balaban J connectivity index is 3.77. The number of carbonyl (C=O) groups excluding carboxylic acids is 2. The van der Waals surface area contributed by atoms with Crippen molar-refractivity contribution < 1.29 is 15.8 Å². The Hall–Kier alpha value is 0.350. The molecule has 0 radical (unpaired) electrons. The molecule has 9 heteroatoms. The van der Waals surface area contributed by atoms with Crippen LogP contribution in [-0.4, -0.2) is 69.8 Å². The molecule has 0 spiro atoms. The van der Waals surface area contributed by atoms with Gasteiger partial charge in [0.15, 0.2) is 0 Å². The normalized spacial score (nSPS) is 13.7. The van der Waals surface area contributed by atoms with Crippen molar-refractivity contribution in [2.24, 2.45) is 11.5 Å². The molecule has 0 unspecified atom stereocenters. The van der Waals surface area contributed by atoms with Gasteiger partial charge in [-0.25, -0.2) is 0 Å². The third kappa shape index (κ3) is 9.82. The van der Waals surface area contributed by atoms with Crippen LogP contribution < -0.4 is 11.5 Å². The fraction of sp³-hybridized carbons (Fsp3) is 0.800. The minimum absolute atomic E-state index is 0.512. The Morgan fingerprint density at radius 2 is 1.37 bits per heavy atom. The van der Waals surface area contributed by atoms with Crippen molar-refractivity contribution in [2.45, 2.75) is 24.9 Å². The van der Waals surface area contributed by atoms with E-state index < -0.39 is 45.8 Å². The molecule has 0 saturated heterocycles. The molecule has 0 bridgehead atoms. The molecule has 112 valence electrons. The van der Waals surface area contributed by atoms with Crippen molar-refractivity contribution in [3.63, 3.8) is 0 Å². The van der Waals surface area contributed by atoms with E-state index in [1.54, 1.807) is 23.5 Å². The Kier molecular flexibility index (Phi) is 12.3. The molecule has 0 aromatic heterocycles. The summed E-state index contributed by atoms with van der Waals surface area (Å²) in [5.41, 5.74) is 11.2. The molecule has 0 saturated carbocycles. The summed E-state index contributed by atoms with van der Waals surface area (Å²) in [7, 11) is 0. The second kappa shape index (κ2) is 12.1. The van der Waals surface area contributed by atoms with Gasteiger partial charge in [0.25, 0.3) is 0 Å². The van der Waals surface area contributed by atoms with Gasteiger partial charge < -0.3 is 0 Å². The third-order valence-corrected chi connectivity index (χ3v) is 4.72. The van der Waals surface area contributed by atoms with Gasteiger partial charge >= 0.3 is 133 Å². The molecule has 0 rings (SSSR count). The van der Waals surface area contributed by atoms with E-state index in [1.807, 2.05) is 12.5 Å². The SMILES string of the molecule is CSCC[C@H](N)C(=O)O[Te]OC(=O)[C@@H](N)CCSC. The van der Waals surface area contributed by atoms with Crippen LogP contribution in [0.15, 0.2) is 0 Å². The van der Waals surface area contributed by atoms with Crippen LogP contribution in [0, 0.1) is 0 Å². The molecular weight excluding hydrogens is 404 g/mol. The zero-order valence-electron chi connectivity index (χ0n) is 11.0. The predicted molar refractivity (Wildman–Crippen MR) is 79.9 cm³/mol. The van der Waals surface area contributed by atoms with Gasteiger partial charge in [0.1, 0.15) is 0 Å². The van der Waals surface area contributed by atoms with Gasteiger partial charge in [0.2, 0.25) is 0 Å². The molecule has 19 heavy (non-hydrogen) atoms. The van der Waals surface area contributed by atoms with E-state index in [9.17, 15) is 9.59 Å². The topological polar surface area (TPSA) is 105 Å². The predicted octanol–water partition coefficient (Wildman–Crippen LogP) is -0.232. The first-order valence-electron chi connectivity index (χ1n) is 5.60. The summed E-state index contributed by atoms with van der Waals surface area (Å²) in [5.74, 6) is 0.552. The van der Waals surface area contributed by atoms with Crippen molar-refractivity contribution in [2.75, 3.05) is 24.0 Å². The van der Waals surface area contributed by atoms with Crippen LogP contribution in [0.4, 0.5) is 0 Å². The molecule has 0 aromatic carbocycles. The van der Waals surface area contributed by atoms with Gasteiger partial charge in [0, 0.05) is 0 Å². The van der Waals surface area contributed by atoms with Gasteiger partial charge in [-0.3, -0.25) is 0 Å². The molecule has 0 heterocycles. The zero-order chi connectivity index (χ0) is 14.7. The van der Waals surface area contributed by atoms with E-state index in [1.165, 1.54) is 0 Å². The van der Waals surface area contributed by atoms with Crippen molar-refractivity contribution in [1.82, 2.24) is 0 Å². The van der Waals surface area contributed by atoms with E-state index in [2.05, 4.69) is 0 Å². The van der Waals surface area contributed by atoms with Gasteiger partial charge in [-0.1, -0.05) is 0 Å². The number of thioether (sulfide) groups is 2. The zero-order valence-corrected chi connectivity index (χ0v) is 15.0. The molecule has 6 nitrogen and oxygen atoms in total. The maximum atomic E-state index is 11.4. The number of hydrogen-bond acceptors (Lipinski definition) is 8. The quantitative estimate of drug-likeness (QED) is 0.464. The van der Waals surface area contributed by atoms with Crippen molar-refractivity contribution in [1.29, 1.82) is 0 Å². The summed E-state index contributed by atoms with van der Waals surface area (Å²) in [6, 6.07) is -1.30. The number of carbonyl (C=O) groups is 2. The van der Waals surface area contributed by atoms with Crippen molar-refractivity contribution in [3.05, 3.63) is 0 Å². The van der Waals surface area contributed by atoms with Crippen LogP contribution in [0.25, 0.3) is 0 Å². The summed E-state index contributed by atoms with van der Waals surface area (Å²) >= 11 is 1.61. The summed E-state index contributed by atoms with van der Waals surface area (Å²) < 4.78 is 9.76. The Labute approximate surface area is 133 Å². The van der Waals surface area contributed by atoms with Crippen LogP contribution >= 0.6 is 23.5 Å². The molecule has 0 fully saturated rings. The average molecular weight is 424 g/mol. The monoisotopic (exact) mass is 426 g/mol. The van der Waals surface area contributed by atoms with E-state index in [0.29, 0.717) is 12.8 Å². The van der Waals surface area contributed by atoms with E-state index >= 15 is 0 Å². The fourth-order valence-electron chi connectivity index (χ4n) is 0.933. The molecular formula is C10H20N2O4S2Te. The number of nitrogens with two attached hydrogens (primary N) is 2. The molecule has 0 aliphatic carbocycles. The van der Waals surface area contributed by atoms with E-state index in [4.69, 9.17) is 17.7 Å². The van der Waals surface area contributed by atoms with Gasteiger partial charge in [-0.15, -0.1) is 0 Å². The summed E-state index contributed by atoms with van der Waals surface area (Å²) in [5, 5.41) is 0. The van der Waals surface area contributed by atoms with Crippen LogP contribution in [0.1, 0.15) is 12.8 Å². The van der Waals surface area contributed by atoms with E-state index in [-0.39, 0.29) is 0 Å². The fourth-order valence-corrected chi connectivity index (χ4v) is 3.10. The molecule has 2 atom stereocenters. The second-order valence-electron chi connectivity index (χ2n) is 3.65.